The van der Waals surface area contributed by atoms with Gasteiger partial charge in [-0.1, -0.05) is 0 Å². The topological polar surface area (TPSA) is 6.48 Å². The van der Waals surface area contributed by atoms with Crippen LogP contribution >= 0.6 is 11.3 Å². The predicted octanol–water partition coefficient (Wildman–Crippen LogP) is 2.67. The van der Waals surface area contributed by atoms with Gasteiger partial charge in [0, 0.05) is 25.2 Å². The Balaban J connectivity index is 2.31. The highest BCUT2D eigenvalue weighted by molar-refractivity contribution is 7.14. The van der Waals surface area contributed by atoms with Gasteiger partial charge in [0.1, 0.15) is 0 Å². The molecule has 1 aromatic heterocycles. The third-order valence-corrected chi connectivity index (χ3v) is 4.17. The molecule has 0 aliphatic carbocycles. The van der Waals surface area contributed by atoms with Gasteiger partial charge >= 0.3 is 0 Å². The first-order valence-corrected chi connectivity index (χ1v) is 5.99. The number of nitrogens with zero attached hydrogens (tertiary/aromatic N) is 2. The Morgan fingerprint density at radius 2 is 2.14 bits per heavy atom. The molecule has 0 spiro atoms. The SMILES string of the molecule is Cc1csc2c1CN(C(C)C)CN2C. The van der Waals surface area contributed by atoms with E-state index in [1.807, 2.05) is 11.3 Å². The van der Waals surface area contributed by atoms with Gasteiger partial charge in [0.2, 0.25) is 0 Å². The second-order valence-electron chi connectivity index (χ2n) is 4.38. The highest BCUT2D eigenvalue weighted by Gasteiger charge is 2.24. The third-order valence-electron chi connectivity index (χ3n) is 2.91. The standard InChI is InChI=1S/C11H18N2S/c1-8(2)13-5-10-9(3)6-14-11(10)12(4)7-13/h6,8H,5,7H2,1-4H3. The number of aryl methyl sites for hydroxylation is 1. The number of fused-ring (bicyclic) bond motifs is 1. The van der Waals surface area contributed by atoms with E-state index in [9.17, 15) is 0 Å². The summed E-state index contributed by atoms with van der Waals surface area (Å²) in [5.41, 5.74) is 2.97. The van der Waals surface area contributed by atoms with E-state index in [-0.39, 0.29) is 0 Å². The molecule has 1 aromatic rings. The molecule has 0 atom stereocenters. The number of rotatable bonds is 1. The maximum atomic E-state index is 2.50. The molecule has 1 aliphatic rings. The smallest absolute Gasteiger partial charge is 0.0964 e. The van der Waals surface area contributed by atoms with Gasteiger partial charge in [0.25, 0.3) is 0 Å². The molecule has 0 radical (unpaired) electrons. The van der Waals surface area contributed by atoms with Crippen LogP contribution in [0.3, 0.4) is 0 Å². The lowest BCUT2D eigenvalue weighted by Crippen LogP contribution is -2.43. The molecule has 0 bridgehead atoms. The van der Waals surface area contributed by atoms with Crippen molar-refractivity contribution < 1.29 is 0 Å². The molecule has 2 rings (SSSR count). The van der Waals surface area contributed by atoms with Gasteiger partial charge in [-0.25, -0.2) is 0 Å². The molecule has 78 valence electrons. The average Bonchev–Trinajstić information content (AvgIpc) is 2.48. The zero-order valence-corrected chi connectivity index (χ0v) is 10.2. The predicted molar refractivity (Wildman–Crippen MR) is 63.0 cm³/mol. The summed E-state index contributed by atoms with van der Waals surface area (Å²) in [6, 6.07) is 0.630. The number of hydrogen-bond acceptors (Lipinski definition) is 3. The lowest BCUT2D eigenvalue weighted by Gasteiger charge is -2.37. The second kappa shape index (κ2) is 3.55. The molecule has 2 heterocycles. The fourth-order valence-electron chi connectivity index (χ4n) is 1.90. The Kier molecular flexibility index (Phi) is 2.54. The number of hydrogen-bond donors (Lipinski definition) is 0. The van der Waals surface area contributed by atoms with Crippen LogP contribution in [0.4, 0.5) is 5.00 Å². The summed E-state index contributed by atoms with van der Waals surface area (Å²) in [6.07, 6.45) is 0. The van der Waals surface area contributed by atoms with Crippen LogP contribution in [-0.4, -0.2) is 24.7 Å². The zero-order valence-electron chi connectivity index (χ0n) is 9.37. The van der Waals surface area contributed by atoms with E-state index < -0.39 is 0 Å². The Morgan fingerprint density at radius 3 is 2.79 bits per heavy atom. The average molecular weight is 210 g/mol. The van der Waals surface area contributed by atoms with Crippen LogP contribution < -0.4 is 4.90 Å². The van der Waals surface area contributed by atoms with Crippen molar-refractivity contribution in [1.29, 1.82) is 0 Å². The van der Waals surface area contributed by atoms with Crippen molar-refractivity contribution in [1.82, 2.24) is 4.90 Å². The largest absolute Gasteiger partial charge is 0.353 e. The summed E-state index contributed by atoms with van der Waals surface area (Å²) in [7, 11) is 2.18. The van der Waals surface area contributed by atoms with E-state index in [0.29, 0.717) is 6.04 Å². The lowest BCUT2D eigenvalue weighted by molar-refractivity contribution is 0.206. The molecule has 0 fully saturated rings. The summed E-state index contributed by atoms with van der Waals surface area (Å²) in [6.45, 7) is 8.92. The molecule has 3 heteroatoms. The number of anilines is 1. The van der Waals surface area contributed by atoms with Crippen molar-refractivity contribution in [3.8, 4) is 0 Å². The highest BCUT2D eigenvalue weighted by Crippen LogP contribution is 2.35. The molecule has 2 nitrogen and oxygen atoms in total. The van der Waals surface area contributed by atoms with E-state index in [1.165, 1.54) is 16.1 Å². The van der Waals surface area contributed by atoms with Crippen molar-refractivity contribution in [2.24, 2.45) is 0 Å². The van der Waals surface area contributed by atoms with E-state index in [4.69, 9.17) is 0 Å². The Bertz CT molecular complexity index is 330. The van der Waals surface area contributed by atoms with Crippen LogP contribution in [0.2, 0.25) is 0 Å². The molecular formula is C11H18N2S. The van der Waals surface area contributed by atoms with Crippen LogP contribution in [0, 0.1) is 6.92 Å². The van der Waals surface area contributed by atoms with Gasteiger partial charge in [0.05, 0.1) is 11.7 Å². The van der Waals surface area contributed by atoms with E-state index in [0.717, 1.165) is 13.2 Å². The molecule has 0 saturated heterocycles. The Hall–Kier alpha value is -0.540. The van der Waals surface area contributed by atoms with Crippen LogP contribution in [-0.2, 0) is 6.54 Å². The summed E-state index contributed by atoms with van der Waals surface area (Å²) < 4.78 is 0. The third kappa shape index (κ3) is 1.55. The van der Waals surface area contributed by atoms with Crippen LogP contribution in [0.1, 0.15) is 25.0 Å². The number of thiophene rings is 1. The molecule has 0 amide bonds. The Morgan fingerprint density at radius 1 is 1.43 bits per heavy atom. The molecule has 0 saturated carbocycles. The maximum absolute atomic E-state index is 2.50. The summed E-state index contributed by atoms with van der Waals surface area (Å²) >= 11 is 1.87. The fraction of sp³-hybridized carbons (Fsp3) is 0.636. The van der Waals surface area contributed by atoms with Crippen LogP contribution in [0.5, 0.6) is 0 Å². The molecular weight excluding hydrogens is 192 g/mol. The highest BCUT2D eigenvalue weighted by atomic mass is 32.1. The molecule has 1 aliphatic heterocycles. The zero-order chi connectivity index (χ0) is 10.3. The van der Waals surface area contributed by atoms with Crippen molar-refractivity contribution in [3.05, 3.63) is 16.5 Å². The fourth-order valence-corrected chi connectivity index (χ4v) is 2.94. The van der Waals surface area contributed by atoms with E-state index in [2.05, 4.69) is 43.0 Å². The summed E-state index contributed by atoms with van der Waals surface area (Å²) in [4.78, 5) is 4.86. The van der Waals surface area contributed by atoms with Gasteiger partial charge in [-0.15, -0.1) is 11.3 Å². The first kappa shape index (κ1) is 9.99. The normalized spacial score (nSPS) is 17.6. The molecule has 0 aromatic carbocycles. The monoisotopic (exact) mass is 210 g/mol. The van der Waals surface area contributed by atoms with E-state index in [1.54, 1.807) is 0 Å². The summed E-state index contributed by atoms with van der Waals surface area (Å²) in [5.74, 6) is 0. The Labute approximate surface area is 90.1 Å². The van der Waals surface area contributed by atoms with Gasteiger partial charge < -0.3 is 4.90 Å². The van der Waals surface area contributed by atoms with Crippen molar-refractivity contribution in [3.63, 3.8) is 0 Å². The molecule has 0 unspecified atom stereocenters. The minimum absolute atomic E-state index is 0.630. The maximum Gasteiger partial charge on any atom is 0.0964 e. The first-order chi connectivity index (χ1) is 6.59. The van der Waals surface area contributed by atoms with E-state index >= 15 is 0 Å². The van der Waals surface area contributed by atoms with Gasteiger partial charge in [0.15, 0.2) is 0 Å². The van der Waals surface area contributed by atoms with Gasteiger partial charge in [-0.3, -0.25) is 4.90 Å². The van der Waals surface area contributed by atoms with Gasteiger partial charge in [-0.2, -0.15) is 0 Å². The quantitative estimate of drug-likeness (QED) is 0.703. The second-order valence-corrected chi connectivity index (χ2v) is 5.24. The van der Waals surface area contributed by atoms with Crippen molar-refractivity contribution in [2.45, 2.75) is 33.4 Å². The van der Waals surface area contributed by atoms with Crippen LogP contribution in [0.15, 0.2) is 5.38 Å². The summed E-state index contributed by atoms with van der Waals surface area (Å²) in [5, 5.41) is 3.73. The lowest BCUT2D eigenvalue weighted by atomic mass is 10.1. The van der Waals surface area contributed by atoms with Crippen molar-refractivity contribution in [2.75, 3.05) is 18.6 Å². The van der Waals surface area contributed by atoms with Crippen molar-refractivity contribution >= 4 is 16.3 Å². The minimum Gasteiger partial charge on any atom is -0.353 e. The molecule has 14 heavy (non-hydrogen) atoms. The molecule has 0 N–H and O–H groups in total. The van der Waals surface area contributed by atoms with Crippen LogP contribution in [0.25, 0.3) is 0 Å². The van der Waals surface area contributed by atoms with Gasteiger partial charge in [-0.05, 0) is 31.7 Å². The first-order valence-electron chi connectivity index (χ1n) is 5.11. The minimum atomic E-state index is 0.630.